The number of halogens is 3. The highest BCUT2D eigenvalue weighted by molar-refractivity contribution is 7.88. The lowest BCUT2D eigenvalue weighted by Gasteiger charge is -2.20. The molecular weight excluding hydrogens is 466 g/mol. The fraction of sp³-hybridized carbons (Fsp3) is 0. The molecule has 0 aromatic heterocycles. The van der Waals surface area contributed by atoms with Crippen molar-refractivity contribution in [2.75, 3.05) is 0 Å². The van der Waals surface area contributed by atoms with E-state index in [4.69, 9.17) is 34.8 Å². The summed E-state index contributed by atoms with van der Waals surface area (Å²) in [5, 5.41) is 4.28. The van der Waals surface area contributed by atoms with Gasteiger partial charge in [-0.1, -0.05) is 83.3 Å². The Morgan fingerprint density at radius 3 is 1.61 bits per heavy atom. The van der Waals surface area contributed by atoms with E-state index in [1.807, 2.05) is 84.9 Å². The molecule has 5 rings (SSSR count). The SMILES string of the molecule is O=P1(c2ccc(Cl)cc2)C(c2ccc(Cl)cc2)=C(c2ccc(Cl)cc2)c2ccccc21. The number of rotatable bonds is 3. The van der Waals surface area contributed by atoms with Crippen LogP contribution >= 0.6 is 41.9 Å². The van der Waals surface area contributed by atoms with Gasteiger partial charge in [-0.3, -0.25) is 0 Å². The van der Waals surface area contributed by atoms with Crippen molar-refractivity contribution in [3.63, 3.8) is 0 Å². The molecule has 0 spiro atoms. The van der Waals surface area contributed by atoms with Gasteiger partial charge in [0.2, 0.25) is 0 Å². The summed E-state index contributed by atoms with van der Waals surface area (Å²) in [5.41, 5.74) is 3.76. The van der Waals surface area contributed by atoms with Crippen LogP contribution in [0.15, 0.2) is 97.1 Å². The van der Waals surface area contributed by atoms with Crippen LogP contribution in [0.2, 0.25) is 15.1 Å². The molecule has 4 aromatic rings. The Bertz CT molecular complexity index is 1360. The third-order valence-electron chi connectivity index (χ3n) is 5.51. The van der Waals surface area contributed by atoms with Crippen LogP contribution in [0.1, 0.15) is 16.7 Å². The van der Waals surface area contributed by atoms with Crippen LogP contribution in [0, 0.1) is 0 Å². The van der Waals surface area contributed by atoms with Gasteiger partial charge in [0.05, 0.1) is 0 Å². The fourth-order valence-corrected chi connectivity index (χ4v) is 7.75. The monoisotopic (exact) mass is 480 g/mol. The molecule has 1 unspecified atom stereocenters. The molecule has 1 aliphatic rings. The maximum absolute atomic E-state index is 15.1. The molecule has 152 valence electrons. The standard InChI is InChI=1S/C26H16Cl3OP/c27-19-9-5-17(6-10-19)25-23-3-1-2-4-24(23)31(30,22-15-13-21(29)14-16-22)26(25)18-7-11-20(28)12-8-18/h1-16H. The lowest BCUT2D eigenvalue weighted by Crippen LogP contribution is -2.15. The van der Waals surface area contributed by atoms with Crippen LogP contribution in [0.4, 0.5) is 0 Å². The largest absolute Gasteiger partial charge is 0.309 e. The van der Waals surface area contributed by atoms with Gasteiger partial charge in [-0.25, -0.2) is 0 Å². The van der Waals surface area contributed by atoms with Crippen molar-refractivity contribution in [1.29, 1.82) is 0 Å². The highest BCUT2D eigenvalue weighted by Crippen LogP contribution is 2.65. The Labute approximate surface area is 196 Å². The van der Waals surface area contributed by atoms with E-state index >= 15 is 4.57 Å². The summed E-state index contributed by atoms with van der Waals surface area (Å²) in [6.07, 6.45) is 0. The molecule has 0 N–H and O–H groups in total. The Hall–Kier alpha value is -2.28. The van der Waals surface area contributed by atoms with Gasteiger partial charge in [-0.05, 0) is 65.2 Å². The second kappa shape index (κ2) is 8.01. The maximum atomic E-state index is 15.1. The zero-order chi connectivity index (χ0) is 21.6. The molecule has 0 aliphatic carbocycles. The van der Waals surface area contributed by atoms with Crippen LogP contribution in [0.3, 0.4) is 0 Å². The minimum Gasteiger partial charge on any atom is -0.309 e. The zero-order valence-corrected chi connectivity index (χ0v) is 19.4. The molecule has 0 saturated carbocycles. The lowest BCUT2D eigenvalue weighted by molar-refractivity contribution is 0.593. The molecule has 1 heterocycles. The molecule has 4 aromatic carbocycles. The number of fused-ring (bicyclic) bond motifs is 1. The lowest BCUT2D eigenvalue weighted by atomic mass is 9.96. The van der Waals surface area contributed by atoms with Crippen LogP contribution in [0.5, 0.6) is 0 Å². The molecule has 0 amide bonds. The molecule has 1 nitrogen and oxygen atoms in total. The maximum Gasteiger partial charge on any atom is 0.172 e. The highest BCUT2D eigenvalue weighted by atomic mass is 35.5. The van der Waals surface area contributed by atoms with Crippen LogP contribution in [-0.4, -0.2) is 0 Å². The van der Waals surface area contributed by atoms with Gasteiger partial charge in [-0.15, -0.1) is 0 Å². The van der Waals surface area contributed by atoms with Gasteiger partial charge in [-0.2, -0.15) is 0 Å². The summed E-state index contributed by atoms with van der Waals surface area (Å²) in [6.45, 7) is 0. The topological polar surface area (TPSA) is 17.1 Å². The van der Waals surface area contributed by atoms with E-state index in [-0.39, 0.29) is 0 Å². The molecule has 0 radical (unpaired) electrons. The van der Waals surface area contributed by atoms with Crippen LogP contribution in [0.25, 0.3) is 10.9 Å². The van der Waals surface area contributed by atoms with Crippen molar-refractivity contribution in [3.8, 4) is 0 Å². The average molecular weight is 482 g/mol. The van der Waals surface area contributed by atoms with E-state index in [1.165, 1.54) is 0 Å². The molecule has 31 heavy (non-hydrogen) atoms. The van der Waals surface area contributed by atoms with Crippen LogP contribution in [-0.2, 0) is 4.57 Å². The Balaban J connectivity index is 1.90. The predicted octanol–water partition coefficient (Wildman–Crippen LogP) is 7.89. The molecule has 0 saturated heterocycles. The first-order valence-corrected chi connectivity index (χ1v) is 12.6. The van der Waals surface area contributed by atoms with Crippen molar-refractivity contribution in [2.45, 2.75) is 0 Å². The first kappa shape index (κ1) is 20.6. The van der Waals surface area contributed by atoms with Crippen LogP contribution < -0.4 is 10.6 Å². The zero-order valence-electron chi connectivity index (χ0n) is 16.2. The smallest absolute Gasteiger partial charge is 0.172 e. The second-order valence-corrected chi connectivity index (χ2v) is 11.3. The minimum atomic E-state index is -3.17. The first-order chi connectivity index (χ1) is 15.0. The molecule has 5 heteroatoms. The summed E-state index contributed by atoms with van der Waals surface area (Å²) < 4.78 is 15.1. The predicted molar refractivity (Wildman–Crippen MR) is 134 cm³/mol. The summed E-state index contributed by atoms with van der Waals surface area (Å²) in [4.78, 5) is 0. The van der Waals surface area contributed by atoms with E-state index in [9.17, 15) is 0 Å². The number of hydrogen-bond acceptors (Lipinski definition) is 1. The molecular formula is C26H16Cl3OP. The van der Waals surface area contributed by atoms with E-state index < -0.39 is 7.14 Å². The molecule has 1 atom stereocenters. The van der Waals surface area contributed by atoms with Gasteiger partial charge in [0.1, 0.15) is 0 Å². The van der Waals surface area contributed by atoms with Crippen molar-refractivity contribution in [3.05, 3.63) is 129 Å². The van der Waals surface area contributed by atoms with E-state index in [0.717, 1.165) is 38.2 Å². The Kier molecular flexibility index (Phi) is 5.32. The summed E-state index contributed by atoms with van der Waals surface area (Å²) in [5.74, 6) is 0. The molecule has 0 bridgehead atoms. The van der Waals surface area contributed by atoms with Crippen molar-refractivity contribution >= 4 is 63.4 Å². The van der Waals surface area contributed by atoms with Gasteiger partial charge in [0.15, 0.2) is 7.14 Å². The quantitative estimate of drug-likeness (QED) is 0.272. The van der Waals surface area contributed by atoms with E-state index in [1.54, 1.807) is 12.1 Å². The first-order valence-electron chi connectivity index (χ1n) is 9.71. The average Bonchev–Trinajstić information content (AvgIpc) is 3.05. The highest BCUT2D eigenvalue weighted by Gasteiger charge is 2.43. The third-order valence-corrected chi connectivity index (χ3v) is 9.47. The molecule has 0 fully saturated rings. The summed E-state index contributed by atoms with van der Waals surface area (Å²) >= 11 is 18.5. The molecule has 1 aliphatic heterocycles. The van der Waals surface area contributed by atoms with Gasteiger partial charge in [0, 0.05) is 36.6 Å². The van der Waals surface area contributed by atoms with E-state index in [2.05, 4.69) is 0 Å². The summed E-state index contributed by atoms with van der Waals surface area (Å²) in [7, 11) is -3.17. The van der Waals surface area contributed by atoms with Crippen molar-refractivity contribution in [1.82, 2.24) is 0 Å². The van der Waals surface area contributed by atoms with Gasteiger partial charge >= 0.3 is 0 Å². The fourth-order valence-electron chi connectivity index (χ4n) is 4.13. The number of hydrogen-bond donors (Lipinski definition) is 0. The normalized spacial score (nSPS) is 17.6. The van der Waals surface area contributed by atoms with Gasteiger partial charge < -0.3 is 4.57 Å². The third kappa shape index (κ3) is 3.47. The van der Waals surface area contributed by atoms with Gasteiger partial charge in [0.25, 0.3) is 0 Å². The Morgan fingerprint density at radius 1 is 0.548 bits per heavy atom. The Morgan fingerprint density at radius 2 is 1.03 bits per heavy atom. The van der Waals surface area contributed by atoms with Crippen molar-refractivity contribution in [2.24, 2.45) is 0 Å². The number of benzene rings is 4. The van der Waals surface area contributed by atoms with Crippen molar-refractivity contribution < 1.29 is 4.57 Å². The van der Waals surface area contributed by atoms with E-state index in [0.29, 0.717) is 15.1 Å². The second-order valence-electron chi connectivity index (χ2n) is 7.34. The minimum absolute atomic E-state index is 0.609. The summed E-state index contributed by atoms with van der Waals surface area (Å²) in [6, 6.07) is 30.4.